The molecule has 5 nitrogen and oxygen atoms in total. The van der Waals surface area contributed by atoms with Crippen LogP contribution in [0.1, 0.15) is 64.7 Å². The summed E-state index contributed by atoms with van der Waals surface area (Å²) in [5, 5.41) is 3.01. The van der Waals surface area contributed by atoms with Gasteiger partial charge >= 0.3 is 5.97 Å². The van der Waals surface area contributed by atoms with E-state index in [-0.39, 0.29) is 11.9 Å². The Morgan fingerprint density at radius 2 is 1.78 bits per heavy atom. The minimum Gasteiger partial charge on any atom is -0.467 e. The van der Waals surface area contributed by atoms with Crippen molar-refractivity contribution in [1.82, 2.24) is 10.2 Å². The summed E-state index contributed by atoms with van der Waals surface area (Å²) >= 11 is 0. The summed E-state index contributed by atoms with van der Waals surface area (Å²) in [7, 11) is 3.43. The predicted molar refractivity (Wildman–Crippen MR) is 90.0 cm³/mol. The summed E-state index contributed by atoms with van der Waals surface area (Å²) in [5.74, 6) is 0.280. The van der Waals surface area contributed by atoms with Crippen LogP contribution in [0.3, 0.4) is 0 Å². The monoisotopic (exact) mass is 324 g/mol. The van der Waals surface area contributed by atoms with Crippen LogP contribution >= 0.6 is 0 Å². The fourth-order valence-electron chi connectivity index (χ4n) is 4.33. The number of methoxy groups -OCH3 is 1. The van der Waals surface area contributed by atoms with Crippen molar-refractivity contribution in [3.05, 3.63) is 0 Å². The Bertz CT molecular complexity index is 418. The smallest absolute Gasteiger partial charge is 0.331 e. The van der Waals surface area contributed by atoms with Crippen molar-refractivity contribution in [1.29, 1.82) is 0 Å². The summed E-state index contributed by atoms with van der Waals surface area (Å²) in [4.78, 5) is 26.9. The Labute approximate surface area is 140 Å². The molecular weight excluding hydrogens is 292 g/mol. The fraction of sp³-hybridized carbons (Fsp3) is 0.889. The van der Waals surface area contributed by atoms with Gasteiger partial charge in [0.25, 0.3) is 0 Å². The Balaban J connectivity index is 1.94. The van der Waals surface area contributed by atoms with Crippen molar-refractivity contribution in [2.24, 2.45) is 5.92 Å². The van der Waals surface area contributed by atoms with Crippen molar-refractivity contribution in [2.75, 3.05) is 20.7 Å². The molecule has 2 saturated carbocycles. The number of esters is 1. The van der Waals surface area contributed by atoms with Gasteiger partial charge in [-0.2, -0.15) is 0 Å². The maximum Gasteiger partial charge on any atom is 0.331 e. The molecule has 0 aromatic carbocycles. The van der Waals surface area contributed by atoms with Crippen molar-refractivity contribution in [3.63, 3.8) is 0 Å². The lowest BCUT2D eigenvalue weighted by Crippen LogP contribution is -2.58. The van der Waals surface area contributed by atoms with Gasteiger partial charge in [-0.15, -0.1) is 0 Å². The van der Waals surface area contributed by atoms with Crippen molar-refractivity contribution in [2.45, 2.75) is 76.3 Å². The molecule has 1 amide bonds. The van der Waals surface area contributed by atoms with Gasteiger partial charge in [0.05, 0.1) is 13.7 Å². The van der Waals surface area contributed by atoms with E-state index in [1.165, 1.54) is 26.4 Å². The molecule has 0 saturated heterocycles. The van der Waals surface area contributed by atoms with E-state index in [0.29, 0.717) is 31.3 Å². The van der Waals surface area contributed by atoms with Crippen LogP contribution in [0, 0.1) is 5.92 Å². The average Bonchev–Trinajstić information content (AvgIpc) is 2.55. The van der Waals surface area contributed by atoms with Gasteiger partial charge in [0, 0.05) is 6.04 Å². The Morgan fingerprint density at radius 3 is 2.39 bits per heavy atom. The van der Waals surface area contributed by atoms with E-state index >= 15 is 0 Å². The van der Waals surface area contributed by atoms with E-state index < -0.39 is 5.54 Å². The molecule has 0 aromatic heterocycles. The van der Waals surface area contributed by atoms with Crippen LogP contribution in [0.25, 0.3) is 0 Å². The molecule has 0 bridgehead atoms. The molecule has 5 heteroatoms. The molecule has 0 aliphatic heterocycles. The Hall–Kier alpha value is -1.10. The lowest BCUT2D eigenvalue weighted by atomic mass is 9.81. The first-order chi connectivity index (χ1) is 11.0. The summed E-state index contributed by atoms with van der Waals surface area (Å²) in [5.41, 5.74) is -0.802. The number of nitrogens with zero attached hydrogens (tertiary/aromatic N) is 1. The zero-order valence-corrected chi connectivity index (χ0v) is 14.9. The van der Waals surface area contributed by atoms with Gasteiger partial charge in [0.15, 0.2) is 0 Å². The number of amides is 1. The van der Waals surface area contributed by atoms with Gasteiger partial charge in [0.1, 0.15) is 5.54 Å². The number of likely N-dealkylation sites (N-methyl/N-ethyl adjacent to an activating group) is 1. The van der Waals surface area contributed by atoms with Gasteiger partial charge in [-0.25, -0.2) is 4.79 Å². The molecule has 132 valence electrons. The molecule has 2 rings (SSSR count). The summed E-state index contributed by atoms with van der Waals surface area (Å²) in [6.07, 6.45) is 9.36. The Kier molecular flexibility index (Phi) is 6.45. The van der Waals surface area contributed by atoms with Crippen LogP contribution in [0.5, 0.6) is 0 Å². The first-order valence-corrected chi connectivity index (χ1v) is 9.08. The second-order valence-corrected chi connectivity index (χ2v) is 7.43. The first kappa shape index (κ1) is 18.2. The second-order valence-electron chi connectivity index (χ2n) is 7.43. The third kappa shape index (κ3) is 4.46. The van der Waals surface area contributed by atoms with Crippen molar-refractivity contribution in [3.8, 4) is 0 Å². The summed E-state index contributed by atoms with van der Waals surface area (Å²) in [6, 6.07) is 0.468. The van der Waals surface area contributed by atoms with Crippen molar-refractivity contribution < 1.29 is 14.3 Å². The molecule has 0 aromatic rings. The van der Waals surface area contributed by atoms with Gasteiger partial charge in [-0.1, -0.05) is 39.0 Å². The molecule has 1 N–H and O–H groups in total. The van der Waals surface area contributed by atoms with Crippen LogP contribution in [-0.4, -0.2) is 49.1 Å². The highest BCUT2D eigenvalue weighted by molar-refractivity contribution is 5.88. The normalized spacial score (nSPS) is 27.5. The molecule has 2 fully saturated rings. The predicted octanol–water partition coefficient (Wildman–Crippen LogP) is 2.49. The van der Waals surface area contributed by atoms with Crippen molar-refractivity contribution >= 4 is 11.9 Å². The molecule has 0 radical (unpaired) electrons. The van der Waals surface area contributed by atoms with Gasteiger partial charge in [0.2, 0.25) is 5.91 Å². The van der Waals surface area contributed by atoms with Gasteiger partial charge < -0.3 is 10.1 Å². The number of rotatable bonds is 5. The number of carbonyl (C=O) groups excluding carboxylic acids is 2. The number of hydrogen-bond donors (Lipinski definition) is 1. The first-order valence-electron chi connectivity index (χ1n) is 9.08. The maximum atomic E-state index is 12.5. The molecule has 2 aliphatic rings. The molecular formula is C18H32N2O3. The van der Waals surface area contributed by atoms with Crippen LogP contribution in [0.2, 0.25) is 0 Å². The highest BCUT2D eigenvalue weighted by atomic mass is 16.5. The molecule has 2 aliphatic carbocycles. The molecule has 23 heavy (non-hydrogen) atoms. The van der Waals surface area contributed by atoms with E-state index in [1.807, 2.05) is 7.05 Å². The fourth-order valence-corrected chi connectivity index (χ4v) is 4.33. The van der Waals surface area contributed by atoms with E-state index in [0.717, 1.165) is 25.7 Å². The lowest BCUT2D eigenvalue weighted by molar-refractivity contribution is -0.152. The molecule has 2 unspecified atom stereocenters. The minimum atomic E-state index is -0.802. The highest BCUT2D eigenvalue weighted by Gasteiger charge is 2.42. The number of ether oxygens (including phenoxy) is 1. The second kappa shape index (κ2) is 8.13. The minimum absolute atomic E-state index is 0.0578. The highest BCUT2D eigenvalue weighted by Crippen LogP contribution is 2.30. The summed E-state index contributed by atoms with van der Waals surface area (Å²) < 4.78 is 4.97. The lowest BCUT2D eigenvalue weighted by Gasteiger charge is -2.38. The summed E-state index contributed by atoms with van der Waals surface area (Å²) in [6.45, 7) is 2.63. The SMILES string of the molecule is COC(=O)C1(NC(=O)CN(C)C2CCCCC2C)CCCCC1. The van der Waals surface area contributed by atoms with E-state index in [1.54, 1.807) is 0 Å². The standard InChI is InChI=1S/C18H32N2O3/c1-14-9-5-6-10-15(14)20(2)13-16(21)19-18(17(22)23-3)11-7-4-8-12-18/h14-15H,4-13H2,1-3H3,(H,19,21). The number of carbonyl (C=O) groups is 2. The van der Waals surface area contributed by atoms with Gasteiger partial charge in [-0.05, 0) is 38.6 Å². The third-order valence-electron chi connectivity index (χ3n) is 5.69. The van der Waals surface area contributed by atoms with Gasteiger partial charge in [-0.3, -0.25) is 9.69 Å². The molecule has 0 heterocycles. The Morgan fingerprint density at radius 1 is 1.13 bits per heavy atom. The van der Waals surface area contributed by atoms with Crippen LogP contribution < -0.4 is 5.32 Å². The average molecular weight is 324 g/mol. The van der Waals surface area contributed by atoms with E-state index in [9.17, 15) is 9.59 Å². The molecule has 2 atom stereocenters. The van der Waals surface area contributed by atoms with Crippen LogP contribution in [0.15, 0.2) is 0 Å². The molecule has 0 spiro atoms. The van der Waals surface area contributed by atoms with E-state index in [4.69, 9.17) is 4.74 Å². The van der Waals surface area contributed by atoms with E-state index in [2.05, 4.69) is 17.1 Å². The zero-order chi connectivity index (χ0) is 16.9. The maximum absolute atomic E-state index is 12.5. The largest absolute Gasteiger partial charge is 0.467 e. The van der Waals surface area contributed by atoms with Crippen LogP contribution in [0.4, 0.5) is 0 Å². The number of nitrogens with one attached hydrogen (secondary N) is 1. The quantitative estimate of drug-likeness (QED) is 0.789. The number of hydrogen-bond acceptors (Lipinski definition) is 4. The topological polar surface area (TPSA) is 58.6 Å². The zero-order valence-electron chi connectivity index (χ0n) is 14.9. The third-order valence-corrected chi connectivity index (χ3v) is 5.69. The van der Waals surface area contributed by atoms with Crippen LogP contribution in [-0.2, 0) is 14.3 Å².